The predicted octanol–water partition coefficient (Wildman–Crippen LogP) is 3.43. The van der Waals surface area contributed by atoms with Gasteiger partial charge in [0.1, 0.15) is 0 Å². The summed E-state index contributed by atoms with van der Waals surface area (Å²) >= 11 is 13.0. The van der Waals surface area contributed by atoms with Gasteiger partial charge in [-0.1, -0.05) is 23.2 Å². The molecule has 0 aliphatic carbocycles. The molecule has 2 aromatic rings. The number of anilines is 1. The standard InChI is InChI=1S/C12H10Cl2N2O2S/c1-6-5-15-12(19-6)16-11(18)10(17)7-2-8(13)4-9(14)3-7/h2-5,10,17H,1H3,(H,15,16,18). The van der Waals surface area contributed by atoms with Crippen LogP contribution in [-0.4, -0.2) is 16.0 Å². The minimum absolute atomic E-state index is 0.336. The predicted molar refractivity (Wildman–Crippen MR) is 76.9 cm³/mol. The molecule has 100 valence electrons. The maximum Gasteiger partial charge on any atom is 0.259 e. The van der Waals surface area contributed by atoms with E-state index in [9.17, 15) is 9.90 Å². The van der Waals surface area contributed by atoms with Crippen LogP contribution in [-0.2, 0) is 4.79 Å². The Balaban J connectivity index is 2.14. The summed E-state index contributed by atoms with van der Waals surface area (Å²) < 4.78 is 0. The highest BCUT2D eigenvalue weighted by Gasteiger charge is 2.19. The molecule has 2 N–H and O–H groups in total. The minimum atomic E-state index is -1.35. The second-order valence-electron chi connectivity index (χ2n) is 3.87. The SMILES string of the molecule is Cc1cnc(NC(=O)C(O)c2cc(Cl)cc(Cl)c2)s1. The zero-order valence-electron chi connectivity index (χ0n) is 9.85. The Labute approximate surface area is 124 Å². The molecule has 0 fully saturated rings. The lowest BCUT2D eigenvalue weighted by Crippen LogP contribution is -2.20. The maximum absolute atomic E-state index is 11.9. The molecule has 1 aromatic carbocycles. The number of aryl methyl sites for hydroxylation is 1. The zero-order valence-corrected chi connectivity index (χ0v) is 12.2. The Hall–Kier alpha value is -1.14. The molecule has 0 spiro atoms. The van der Waals surface area contributed by atoms with E-state index in [0.717, 1.165) is 4.88 Å². The Morgan fingerprint density at radius 1 is 1.37 bits per heavy atom. The number of nitrogens with one attached hydrogen (secondary N) is 1. The highest BCUT2D eigenvalue weighted by molar-refractivity contribution is 7.15. The lowest BCUT2D eigenvalue weighted by Gasteiger charge is -2.11. The Morgan fingerprint density at radius 2 is 2.00 bits per heavy atom. The molecular formula is C12H10Cl2N2O2S. The number of aliphatic hydroxyl groups is 1. The first-order valence-corrected chi connectivity index (χ1v) is 6.90. The fourth-order valence-electron chi connectivity index (χ4n) is 1.47. The third kappa shape index (κ3) is 3.67. The monoisotopic (exact) mass is 316 g/mol. The summed E-state index contributed by atoms with van der Waals surface area (Å²) in [6, 6.07) is 4.51. The number of amides is 1. The van der Waals surface area contributed by atoms with E-state index in [4.69, 9.17) is 23.2 Å². The topological polar surface area (TPSA) is 62.2 Å². The summed E-state index contributed by atoms with van der Waals surface area (Å²) in [6.07, 6.45) is 0.295. The molecule has 2 rings (SSSR count). The number of aromatic nitrogens is 1. The van der Waals surface area contributed by atoms with Crippen LogP contribution in [0.3, 0.4) is 0 Å². The van der Waals surface area contributed by atoms with E-state index in [0.29, 0.717) is 20.7 Å². The molecule has 1 amide bonds. The molecule has 1 atom stereocenters. The molecule has 0 bridgehead atoms. The Bertz CT molecular complexity index is 595. The van der Waals surface area contributed by atoms with Crippen LogP contribution >= 0.6 is 34.5 Å². The second kappa shape index (κ2) is 5.88. The highest BCUT2D eigenvalue weighted by Crippen LogP contribution is 2.25. The first kappa shape index (κ1) is 14.3. The fraction of sp³-hybridized carbons (Fsp3) is 0.167. The van der Waals surface area contributed by atoms with E-state index in [1.165, 1.54) is 29.5 Å². The van der Waals surface area contributed by atoms with Gasteiger partial charge in [-0.3, -0.25) is 10.1 Å². The molecule has 1 heterocycles. The molecule has 4 nitrogen and oxygen atoms in total. The third-order valence-electron chi connectivity index (χ3n) is 2.30. The van der Waals surface area contributed by atoms with Crippen molar-refractivity contribution in [1.29, 1.82) is 0 Å². The smallest absolute Gasteiger partial charge is 0.259 e. The molecule has 0 aliphatic heterocycles. The number of carbonyl (C=O) groups excluding carboxylic acids is 1. The van der Waals surface area contributed by atoms with E-state index in [2.05, 4.69) is 10.3 Å². The Morgan fingerprint density at radius 3 is 2.53 bits per heavy atom. The lowest BCUT2D eigenvalue weighted by atomic mass is 10.1. The average Bonchev–Trinajstić information content (AvgIpc) is 2.72. The van der Waals surface area contributed by atoms with Gasteiger partial charge in [0.25, 0.3) is 5.91 Å². The summed E-state index contributed by atoms with van der Waals surface area (Å²) in [5.74, 6) is -0.576. The molecule has 0 radical (unpaired) electrons. The quantitative estimate of drug-likeness (QED) is 0.911. The van der Waals surface area contributed by atoms with Gasteiger partial charge in [0.05, 0.1) is 0 Å². The number of benzene rings is 1. The van der Waals surface area contributed by atoms with E-state index in [-0.39, 0.29) is 0 Å². The first-order chi connectivity index (χ1) is 8.95. The van der Waals surface area contributed by atoms with E-state index in [1.807, 2.05) is 6.92 Å². The molecule has 7 heteroatoms. The van der Waals surface area contributed by atoms with Gasteiger partial charge >= 0.3 is 0 Å². The molecule has 0 saturated carbocycles. The lowest BCUT2D eigenvalue weighted by molar-refractivity contribution is -0.124. The number of rotatable bonds is 3. The normalized spacial score (nSPS) is 12.2. The maximum atomic E-state index is 11.9. The van der Waals surface area contributed by atoms with Gasteiger partial charge in [-0.2, -0.15) is 0 Å². The van der Waals surface area contributed by atoms with Crippen LogP contribution in [0.4, 0.5) is 5.13 Å². The summed E-state index contributed by atoms with van der Waals surface area (Å²) in [5.41, 5.74) is 0.336. The number of hydrogen-bond donors (Lipinski definition) is 2. The summed E-state index contributed by atoms with van der Waals surface area (Å²) in [7, 11) is 0. The van der Waals surface area contributed by atoms with Gasteiger partial charge in [0.2, 0.25) is 0 Å². The molecule has 0 saturated heterocycles. The Kier molecular flexibility index (Phi) is 4.42. The molecule has 0 aliphatic rings. The van der Waals surface area contributed by atoms with Gasteiger partial charge in [-0.25, -0.2) is 4.98 Å². The van der Waals surface area contributed by atoms with Crippen molar-refractivity contribution in [3.63, 3.8) is 0 Å². The summed E-state index contributed by atoms with van der Waals surface area (Å²) in [6.45, 7) is 1.88. The van der Waals surface area contributed by atoms with Crippen molar-refractivity contribution in [2.24, 2.45) is 0 Å². The average molecular weight is 317 g/mol. The van der Waals surface area contributed by atoms with Crippen molar-refractivity contribution in [2.45, 2.75) is 13.0 Å². The van der Waals surface area contributed by atoms with Crippen molar-refractivity contribution in [2.75, 3.05) is 5.32 Å². The van der Waals surface area contributed by atoms with Crippen molar-refractivity contribution in [3.05, 3.63) is 44.9 Å². The van der Waals surface area contributed by atoms with Crippen LogP contribution in [0.5, 0.6) is 0 Å². The van der Waals surface area contributed by atoms with Gasteiger partial charge in [-0.15, -0.1) is 11.3 Å². The van der Waals surface area contributed by atoms with Crippen molar-refractivity contribution in [3.8, 4) is 0 Å². The highest BCUT2D eigenvalue weighted by atomic mass is 35.5. The number of nitrogens with zero attached hydrogens (tertiary/aromatic N) is 1. The van der Waals surface area contributed by atoms with Crippen LogP contribution < -0.4 is 5.32 Å². The van der Waals surface area contributed by atoms with Crippen molar-refractivity contribution in [1.82, 2.24) is 4.98 Å². The van der Waals surface area contributed by atoms with Gasteiger partial charge in [-0.05, 0) is 30.7 Å². The van der Waals surface area contributed by atoms with Crippen LogP contribution in [0.1, 0.15) is 16.5 Å². The summed E-state index contributed by atoms with van der Waals surface area (Å²) in [5, 5.41) is 13.6. The molecule has 1 aromatic heterocycles. The third-order valence-corrected chi connectivity index (χ3v) is 3.57. The van der Waals surface area contributed by atoms with Gasteiger partial charge in [0.15, 0.2) is 11.2 Å². The second-order valence-corrected chi connectivity index (χ2v) is 5.98. The van der Waals surface area contributed by atoms with E-state index < -0.39 is 12.0 Å². The number of aliphatic hydroxyl groups excluding tert-OH is 1. The molecular weight excluding hydrogens is 307 g/mol. The number of halogens is 2. The largest absolute Gasteiger partial charge is 0.378 e. The number of hydrogen-bond acceptors (Lipinski definition) is 4. The number of carbonyl (C=O) groups is 1. The van der Waals surface area contributed by atoms with Crippen LogP contribution in [0.25, 0.3) is 0 Å². The fourth-order valence-corrected chi connectivity index (χ4v) is 2.68. The summed E-state index contributed by atoms with van der Waals surface area (Å²) in [4.78, 5) is 16.8. The van der Waals surface area contributed by atoms with Crippen molar-refractivity contribution < 1.29 is 9.90 Å². The van der Waals surface area contributed by atoms with Crippen LogP contribution in [0, 0.1) is 6.92 Å². The van der Waals surface area contributed by atoms with Gasteiger partial charge < -0.3 is 5.11 Å². The zero-order chi connectivity index (χ0) is 14.0. The molecule has 19 heavy (non-hydrogen) atoms. The first-order valence-electron chi connectivity index (χ1n) is 5.33. The molecule has 1 unspecified atom stereocenters. The number of thiazole rings is 1. The van der Waals surface area contributed by atoms with E-state index in [1.54, 1.807) is 6.20 Å². The van der Waals surface area contributed by atoms with Crippen LogP contribution in [0.15, 0.2) is 24.4 Å². The van der Waals surface area contributed by atoms with Crippen LogP contribution in [0.2, 0.25) is 10.0 Å². The van der Waals surface area contributed by atoms with E-state index >= 15 is 0 Å². The van der Waals surface area contributed by atoms with Crippen molar-refractivity contribution >= 4 is 45.6 Å². The minimum Gasteiger partial charge on any atom is -0.378 e. The van der Waals surface area contributed by atoms with Gasteiger partial charge in [0, 0.05) is 21.1 Å².